The molecule has 10 heteroatoms. The van der Waals surface area contributed by atoms with E-state index >= 15 is 0 Å². The number of ether oxygens (including phenoxy) is 1. The van der Waals surface area contributed by atoms with E-state index in [9.17, 15) is 8.78 Å². The molecule has 28 heavy (non-hydrogen) atoms. The lowest BCUT2D eigenvalue weighted by Crippen LogP contribution is -2.26. The molecule has 0 unspecified atom stereocenters. The summed E-state index contributed by atoms with van der Waals surface area (Å²) in [6.07, 6.45) is 0.208. The van der Waals surface area contributed by atoms with Crippen molar-refractivity contribution in [1.29, 1.82) is 0 Å². The van der Waals surface area contributed by atoms with Crippen molar-refractivity contribution in [3.05, 3.63) is 65.9 Å². The molecule has 0 saturated carbocycles. The molecule has 0 aliphatic rings. The largest absolute Gasteiger partial charge is 0.497 e. The fourth-order valence-electron chi connectivity index (χ4n) is 2.37. The zero-order valence-corrected chi connectivity index (χ0v) is 14.9. The van der Waals surface area contributed by atoms with E-state index in [2.05, 4.69) is 15.2 Å². The molecular weight excluding hydrogens is 370 g/mol. The topological polar surface area (TPSA) is 116 Å². The number of hydrazine groups is 1. The van der Waals surface area contributed by atoms with Crippen LogP contribution in [0.2, 0.25) is 0 Å². The number of benzene rings is 1. The third-order valence-corrected chi connectivity index (χ3v) is 3.75. The van der Waals surface area contributed by atoms with Crippen molar-refractivity contribution < 1.29 is 17.9 Å². The first-order valence-corrected chi connectivity index (χ1v) is 8.16. The molecule has 4 N–H and O–H groups in total. The highest BCUT2D eigenvalue weighted by Crippen LogP contribution is 2.23. The van der Waals surface area contributed by atoms with Crippen LogP contribution in [0.1, 0.15) is 23.6 Å². The normalized spacial score (nSPS) is 11.7. The number of methoxy groups -OCH3 is 1. The number of alkyl halides is 2. The molecule has 1 aromatic carbocycles. The molecule has 2 heterocycles. The quantitative estimate of drug-likeness (QED) is 0.469. The predicted molar refractivity (Wildman–Crippen MR) is 97.4 cm³/mol. The van der Waals surface area contributed by atoms with Crippen molar-refractivity contribution in [2.24, 2.45) is 11.6 Å². The van der Waals surface area contributed by atoms with E-state index < -0.39 is 12.3 Å². The molecule has 8 nitrogen and oxygen atoms in total. The van der Waals surface area contributed by atoms with Gasteiger partial charge in [-0.25, -0.2) is 5.84 Å². The maximum absolute atomic E-state index is 12.5. The monoisotopic (exact) mass is 388 g/mol. The summed E-state index contributed by atoms with van der Waals surface area (Å²) >= 11 is 0. The Bertz CT molecular complexity index is 959. The van der Waals surface area contributed by atoms with Crippen LogP contribution < -0.4 is 16.3 Å². The third kappa shape index (κ3) is 4.60. The fraction of sp³-hybridized carbons (Fsp3) is 0.167. The van der Waals surface area contributed by atoms with Crippen LogP contribution in [0, 0.1) is 0 Å². The van der Waals surface area contributed by atoms with Gasteiger partial charge in [0, 0.05) is 18.0 Å². The van der Waals surface area contributed by atoms with Gasteiger partial charge in [0.2, 0.25) is 5.89 Å². The lowest BCUT2D eigenvalue weighted by Gasteiger charge is -2.15. The van der Waals surface area contributed by atoms with E-state index in [1.165, 1.54) is 11.2 Å². The number of aromatic nitrogens is 3. The Morgan fingerprint density at radius 3 is 2.75 bits per heavy atom. The molecule has 146 valence electrons. The molecule has 0 aliphatic carbocycles. The van der Waals surface area contributed by atoms with Crippen molar-refractivity contribution in [2.45, 2.75) is 13.0 Å². The van der Waals surface area contributed by atoms with Crippen molar-refractivity contribution in [1.82, 2.24) is 20.2 Å². The molecule has 0 aliphatic heterocycles. The van der Waals surface area contributed by atoms with Crippen LogP contribution in [-0.2, 0) is 6.54 Å². The van der Waals surface area contributed by atoms with Crippen molar-refractivity contribution in [3.63, 3.8) is 0 Å². The van der Waals surface area contributed by atoms with E-state index in [0.29, 0.717) is 22.7 Å². The van der Waals surface area contributed by atoms with Crippen LogP contribution >= 0.6 is 0 Å². The molecule has 0 spiro atoms. The maximum Gasteiger partial charge on any atom is 0.314 e. The predicted octanol–water partition coefficient (Wildman–Crippen LogP) is 2.71. The van der Waals surface area contributed by atoms with Gasteiger partial charge in [-0.3, -0.25) is 4.98 Å². The maximum atomic E-state index is 12.5. The van der Waals surface area contributed by atoms with Crippen molar-refractivity contribution in [3.8, 4) is 17.2 Å². The standard InChI is InChI=1S/C18H18F2N6O2/c1-27-14-4-2-3-11(7-14)15(21)10-26(22)9-13-6-5-12(8-23-13)17-24-25-18(28-17)16(19)20/h2-8,10,16H,9,21-22H2,1H3/b15-10-. The summed E-state index contributed by atoms with van der Waals surface area (Å²) in [5, 5.41) is 8.25. The molecule has 0 radical (unpaired) electrons. The van der Waals surface area contributed by atoms with Gasteiger partial charge in [0.1, 0.15) is 5.75 Å². The number of halogens is 2. The average Bonchev–Trinajstić information content (AvgIpc) is 3.19. The van der Waals surface area contributed by atoms with Gasteiger partial charge < -0.3 is 19.9 Å². The molecule has 0 fully saturated rings. The zero-order chi connectivity index (χ0) is 20.1. The van der Waals surface area contributed by atoms with Crippen LogP contribution in [0.5, 0.6) is 5.75 Å². The molecule has 3 rings (SSSR count). The van der Waals surface area contributed by atoms with Crippen LogP contribution in [0.15, 0.2) is 53.2 Å². The van der Waals surface area contributed by atoms with Crippen molar-refractivity contribution in [2.75, 3.05) is 7.11 Å². The van der Waals surface area contributed by atoms with Crippen LogP contribution in [0.4, 0.5) is 8.78 Å². The van der Waals surface area contributed by atoms with Gasteiger partial charge in [-0.1, -0.05) is 12.1 Å². The second-order valence-corrected chi connectivity index (χ2v) is 5.77. The molecule has 2 aromatic heterocycles. The first kappa shape index (κ1) is 19.2. The fourth-order valence-corrected chi connectivity index (χ4v) is 2.37. The summed E-state index contributed by atoms with van der Waals surface area (Å²) in [4.78, 5) is 4.23. The summed E-state index contributed by atoms with van der Waals surface area (Å²) < 4.78 is 35.1. The Kier molecular flexibility index (Phi) is 5.80. The van der Waals surface area contributed by atoms with Gasteiger partial charge in [0.15, 0.2) is 0 Å². The lowest BCUT2D eigenvalue weighted by atomic mass is 10.1. The summed E-state index contributed by atoms with van der Waals surface area (Å²) in [5.41, 5.74) is 8.37. The number of rotatable bonds is 7. The molecule has 3 aromatic rings. The minimum atomic E-state index is -2.82. The molecule has 0 atom stereocenters. The van der Waals surface area contributed by atoms with E-state index in [-0.39, 0.29) is 12.4 Å². The second kappa shape index (κ2) is 8.44. The third-order valence-electron chi connectivity index (χ3n) is 3.75. The summed E-state index contributed by atoms with van der Waals surface area (Å²) in [5.74, 6) is 5.91. The lowest BCUT2D eigenvalue weighted by molar-refractivity contribution is 0.116. The highest BCUT2D eigenvalue weighted by atomic mass is 19.3. The minimum Gasteiger partial charge on any atom is -0.497 e. The highest BCUT2D eigenvalue weighted by molar-refractivity contribution is 5.63. The molecule has 0 bridgehead atoms. The Labute approximate surface area is 159 Å². The zero-order valence-electron chi connectivity index (χ0n) is 14.9. The summed E-state index contributed by atoms with van der Waals surface area (Å²) in [6.45, 7) is 0.275. The average molecular weight is 388 g/mol. The van der Waals surface area contributed by atoms with E-state index in [1.54, 1.807) is 31.5 Å². The van der Waals surface area contributed by atoms with Gasteiger partial charge in [-0.15, -0.1) is 10.2 Å². The summed E-state index contributed by atoms with van der Waals surface area (Å²) in [6, 6.07) is 10.6. The van der Waals surface area contributed by atoms with Crippen LogP contribution in [0.3, 0.4) is 0 Å². The Morgan fingerprint density at radius 1 is 1.29 bits per heavy atom. The van der Waals surface area contributed by atoms with Gasteiger partial charge in [0.25, 0.3) is 5.89 Å². The van der Waals surface area contributed by atoms with E-state index in [4.69, 9.17) is 20.7 Å². The minimum absolute atomic E-state index is 0.0267. The van der Waals surface area contributed by atoms with Crippen LogP contribution in [0.25, 0.3) is 17.2 Å². The second-order valence-electron chi connectivity index (χ2n) is 5.77. The molecule has 0 saturated heterocycles. The first-order chi connectivity index (χ1) is 13.5. The molecule has 0 amide bonds. The van der Waals surface area contributed by atoms with E-state index in [1.807, 2.05) is 18.2 Å². The number of pyridine rings is 1. The summed E-state index contributed by atoms with van der Waals surface area (Å²) in [7, 11) is 1.58. The number of nitrogens with zero attached hydrogens (tertiary/aromatic N) is 4. The van der Waals surface area contributed by atoms with Crippen LogP contribution in [-0.4, -0.2) is 27.3 Å². The smallest absolute Gasteiger partial charge is 0.314 e. The Morgan fingerprint density at radius 2 is 2.11 bits per heavy atom. The van der Waals surface area contributed by atoms with Gasteiger partial charge in [-0.2, -0.15) is 8.78 Å². The Hall–Kier alpha value is -3.53. The van der Waals surface area contributed by atoms with Gasteiger partial charge in [0.05, 0.1) is 30.6 Å². The van der Waals surface area contributed by atoms with E-state index in [0.717, 1.165) is 5.56 Å². The van der Waals surface area contributed by atoms with Gasteiger partial charge in [-0.05, 0) is 24.3 Å². The molecular formula is C18H18F2N6O2. The number of hydrogen-bond acceptors (Lipinski definition) is 8. The number of nitrogens with two attached hydrogens (primary N) is 2. The van der Waals surface area contributed by atoms with Crippen molar-refractivity contribution >= 4 is 5.70 Å². The Balaban J connectivity index is 1.67. The van der Waals surface area contributed by atoms with Gasteiger partial charge >= 0.3 is 6.43 Å². The first-order valence-electron chi connectivity index (χ1n) is 8.16. The highest BCUT2D eigenvalue weighted by Gasteiger charge is 2.17. The SMILES string of the molecule is COc1cccc(/C(N)=C/N(N)Cc2ccc(-c3nnc(C(F)F)o3)cn2)c1. The number of hydrogen-bond donors (Lipinski definition) is 2.